The van der Waals surface area contributed by atoms with Crippen molar-refractivity contribution in [3.05, 3.63) is 36.0 Å². The van der Waals surface area contributed by atoms with Crippen molar-refractivity contribution in [2.75, 3.05) is 0 Å². The second-order valence-electron chi connectivity index (χ2n) is 8.38. The Morgan fingerprint density at radius 1 is 1.19 bits per heavy atom. The molecular weight excluding hydrogens is 398 g/mol. The van der Waals surface area contributed by atoms with Crippen molar-refractivity contribution in [3.63, 3.8) is 0 Å². The molecule has 4 rings (SSSR count). The molecule has 1 spiro atoms. The molecule has 5 N–H and O–H groups in total. The zero-order chi connectivity index (χ0) is 22.1. The van der Waals surface area contributed by atoms with E-state index >= 15 is 0 Å². The first-order valence-corrected chi connectivity index (χ1v) is 10.4. The van der Waals surface area contributed by atoms with Gasteiger partial charge in [-0.15, -0.1) is 0 Å². The smallest absolute Gasteiger partial charge is 0.253 e. The number of amides is 2. The van der Waals surface area contributed by atoms with Gasteiger partial charge < -0.3 is 25.8 Å². The molecule has 2 saturated carbocycles. The number of carbonyl (C=O) groups excluding carboxylic acids is 2. The summed E-state index contributed by atoms with van der Waals surface area (Å²) in [5.74, 6) is -0.889. The van der Waals surface area contributed by atoms with E-state index in [-0.39, 0.29) is 29.7 Å². The molecule has 31 heavy (non-hydrogen) atoms. The maximum absolute atomic E-state index is 11.9. The van der Waals surface area contributed by atoms with Gasteiger partial charge in [0.15, 0.2) is 11.5 Å². The van der Waals surface area contributed by atoms with Crippen LogP contribution >= 0.6 is 0 Å². The van der Waals surface area contributed by atoms with E-state index in [1.807, 2.05) is 24.3 Å². The number of primary amides is 1. The number of nitriles is 1. The molecule has 9 nitrogen and oxygen atoms in total. The first-order valence-electron chi connectivity index (χ1n) is 10.4. The molecule has 1 aromatic rings. The van der Waals surface area contributed by atoms with Crippen LogP contribution in [0.25, 0.3) is 0 Å². The van der Waals surface area contributed by atoms with Crippen molar-refractivity contribution in [1.82, 2.24) is 10.6 Å². The summed E-state index contributed by atoms with van der Waals surface area (Å²) in [7, 11) is 0. The third-order valence-corrected chi connectivity index (χ3v) is 6.08. The Labute approximate surface area is 180 Å². The average Bonchev–Trinajstić information content (AvgIpc) is 3.52. The van der Waals surface area contributed by atoms with Crippen molar-refractivity contribution in [2.24, 2.45) is 11.7 Å². The predicted molar refractivity (Wildman–Crippen MR) is 111 cm³/mol. The van der Waals surface area contributed by atoms with Gasteiger partial charge in [-0.05, 0) is 37.8 Å². The number of fused-ring (bicyclic) bond motifs is 1. The van der Waals surface area contributed by atoms with Gasteiger partial charge >= 0.3 is 0 Å². The Hall–Kier alpha value is -3.54. The topological polar surface area (TPSA) is 150 Å². The highest BCUT2D eigenvalue weighted by atomic mass is 16.7. The van der Waals surface area contributed by atoms with Crippen molar-refractivity contribution < 1.29 is 19.1 Å². The Morgan fingerprint density at radius 2 is 1.81 bits per heavy atom. The van der Waals surface area contributed by atoms with E-state index in [1.165, 1.54) is 6.20 Å². The van der Waals surface area contributed by atoms with Crippen LogP contribution in [0.1, 0.15) is 44.9 Å². The molecule has 2 fully saturated rings. The molecule has 0 atom stereocenters. The largest absolute Gasteiger partial charge is 0.448 e. The number of rotatable bonds is 6. The minimum Gasteiger partial charge on any atom is -0.448 e. The lowest BCUT2D eigenvalue weighted by atomic mass is 9.77. The lowest BCUT2D eigenvalue weighted by molar-refractivity contribution is -0.120. The maximum Gasteiger partial charge on any atom is 0.253 e. The Balaban J connectivity index is 1.45. The fraction of sp³-hybridized carbons (Fsp3) is 0.455. The monoisotopic (exact) mass is 423 g/mol. The van der Waals surface area contributed by atoms with Gasteiger partial charge in [0.05, 0.1) is 23.6 Å². The molecule has 0 saturated heterocycles. The molecule has 1 heterocycles. The molecule has 2 aliphatic carbocycles. The van der Waals surface area contributed by atoms with Crippen LogP contribution < -0.4 is 25.8 Å². The van der Waals surface area contributed by atoms with Gasteiger partial charge in [0.2, 0.25) is 5.91 Å². The van der Waals surface area contributed by atoms with E-state index in [0.29, 0.717) is 37.2 Å². The van der Waals surface area contributed by atoms with Gasteiger partial charge in [-0.25, -0.2) is 0 Å². The van der Waals surface area contributed by atoms with E-state index in [4.69, 9.17) is 20.6 Å². The van der Waals surface area contributed by atoms with Crippen LogP contribution in [0, 0.1) is 22.7 Å². The Kier molecular flexibility index (Phi) is 5.31. The van der Waals surface area contributed by atoms with Gasteiger partial charge in [0.25, 0.3) is 11.7 Å². The Bertz CT molecular complexity index is 957. The molecule has 0 unspecified atom stereocenters. The quantitative estimate of drug-likeness (QED) is 0.311. The van der Waals surface area contributed by atoms with Crippen molar-refractivity contribution in [1.29, 1.82) is 10.7 Å². The number of nitrogens with two attached hydrogens (primary N) is 1. The highest BCUT2D eigenvalue weighted by molar-refractivity contribution is 6.22. The molecule has 0 radical (unpaired) electrons. The standard InChI is InChI=1S/C22H25N5O4/c23-12-11-21(26-13-15(19(25)28)18(24)27-20(29)14-5-6-14)7-9-22(10-8-21)30-16-3-1-2-4-17(16)31-22/h1-4,13-14,26H,5-11H2,(H2,25,28)(H2,24,27,29)/b15-13+. The fourth-order valence-electron chi connectivity index (χ4n) is 4.01. The van der Waals surface area contributed by atoms with Gasteiger partial charge in [-0.3, -0.25) is 15.0 Å². The fourth-order valence-corrected chi connectivity index (χ4v) is 4.01. The van der Waals surface area contributed by atoms with E-state index < -0.39 is 17.2 Å². The number of ether oxygens (including phenoxy) is 2. The highest BCUT2D eigenvalue weighted by Gasteiger charge is 2.49. The van der Waals surface area contributed by atoms with Gasteiger partial charge in [0, 0.05) is 25.0 Å². The minimum absolute atomic E-state index is 0.0996. The van der Waals surface area contributed by atoms with E-state index in [1.54, 1.807) is 0 Å². The number of hydrogen-bond acceptors (Lipinski definition) is 7. The Morgan fingerprint density at radius 3 is 2.32 bits per heavy atom. The molecule has 0 bridgehead atoms. The molecular formula is C22H25N5O4. The van der Waals surface area contributed by atoms with Crippen LogP contribution in [0.3, 0.4) is 0 Å². The minimum atomic E-state index is -0.828. The van der Waals surface area contributed by atoms with Crippen LogP contribution in [0.5, 0.6) is 11.5 Å². The molecule has 9 heteroatoms. The van der Waals surface area contributed by atoms with Crippen molar-refractivity contribution >= 4 is 17.6 Å². The molecule has 1 aliphatic heterocycles. The summed E-state index contributed by atoms with van der Waals surface area (Å²) in [6, 6.07) is 9.70. The van der Waals surface area contributed by atoms with Crippen LogP contribution in [0.15, 0.2) is 36.0 Å². The molecule has 2 amide bonds. The molecule has 3 aliphatic rings. The van der Waals surface area contributed by atoms with Crippen LogP contribution in [0.2, 0.25) is 0 Å². The zero-order valence-corrected chi connectivity index (χ0v) is 17.1. The SMILES string of the molecule is N#CCC1(N/C=C(\C(=N)NC(=O)C2CC2)C(N)=O)CCC2(CC1)Oc1ccccc1O2. The molecule has 1 aromatic carbocycles. The summed E-state index contributed by atoms with van der Waals surface area (Å²) in [5.41, 5.74) is 4.68. The third-order valence-electron chi connectivity index (χ3n) is 6.08. The third kappa shape index (κ3) is 4.33. The first kappa shape index (κ1) is 20.7. The number of para-hydroxylation sites is 2. The normalized spacial score (nSPS) is 20.5. The van der Waals surface area contributed by atoms with E-state index in [0.717, 1.165) is 12.8 Å². The van der Waals surface area contributed by atoms with E-state index in [2.05, 4.69) is 16.7 Å². The summed E-state index contributed by atoms with van der Waals surface area (Å²) >= 11 is 0. The molecule has 0 aromatic heterocycles. The maximum atomic E-state index is 11.9. The summed E-state index contributed by atoms with van der Waals surface area (Å²) in [6.07, 6.45) is 5.32. The number of amidine groups is 1. The second kappa shape index (κ2) is 7.95. The van der Waals surface area contributed by atoms with Crippen LogP contribution in [0.4, 0.5) is 0 Å². The number of benzene rings is 1. The number of nitrogens with one attached hydrogen (secondary N) is 3. The first-order chi connectivity index (χ1) is 14.9. The van der Waals surface area contributed by atoms with Gasteiger partial charge in [-0.2, -0.15) is 5.26 Å². The highest BCUT2D eigenvalue weighted by Crippen LogP contribution is 2.47. The summed E-state index contributed by atoms with van der Waals surface area (Å²) < 4.78 is 12.2. The zero-order valence-electron chi connectivity index (χ0n) is 17.1. The lowest BCUT2D eigenvalue weighted by Crippen LogP contribution is -2.53. The number of hydrogen-bond donors (Lipinski definition) is 4. The van der Waals surface area contributed by atoms with E-state index in [9.17, 15) is 14.9 Å². The van der Waals surface area contributed by atoms with Crippen molar-refractivity contribution in [3.8, 4) is 17.6 Å². The summed E-state index contributed by atoms with van der Waals surface area (Å²) in [5, 5.41) is 23.0. The number of carbonyl (C=O) groups is 2. The lowest BCUT2D eigenvalue weighted by Gasteiger charge is -2.42. The van der Waals surface area contributed by atoms with Crippen LogP contribution in [-0.4, -0.2) is 29.0 Å². The van der Waals surface area contributed by atoms with Gasteiger partial charge in [-0.1, -0.05) is 12.1 Å². The summed E-state index contributed by atoms with van der Waals surface area (Å²) in [6.45, 7) is 0. The summed E-state index contributed by atoms with van der Waals surface area (Å²) in [4.78, 5) is 23.8. The molecule has 162 valence electrons. The van der Waals surface area contributed by atoms with Gasteiger partial charge in [0.1, 0.15) is 5.84 Å². The number of nitrogens with zero attached hydrogens (tertiary/aromatic N) is 1. The van der Waals surface area contributed by atoms with Crippen molar-refractivity contribution in [2.45, 2.75) is 56.3 Å². The van der Waals surface area contributed by atoms with Crippen LogP contribution in [-0.2, 0) is 9.59 Å². The second-order valence-corrected chi connectivity index (χ2v) is 8.38. The predicted octanol–water partition coefficient (Wildman–Crippen LogP) is 1.84. The average molecular weight is 423 g/mol.